The third-order valence-corrected chi connectivity index (χ3v) is 4.63. The summed E-state index contributed by atoms with van der Waals surface area (Å²) < 4.78 is 1.81. The molecule has 0 saturated heterocycles. The summed E-state index contributed by atoms with van der Waals surface area (Å²) in [6.07, 6.45) is 6.73. The molecule has 27 heavy (non-hydrogen) atoms. The molecular weight excluding hydrogens is 382 g/mol. The molecule has 138 valence electrons. The van der Waals surface area contributed by atoms with Crippen LogP contribution in [0.5, 0.6) is 0 Å². The maximum absolute atomic E-state index is 4.59. The van der Waals surface area contributed by atoms with Gasteiger partial charge in [0.05, 0.1) is 12.2 Å². The average Bonchev–Trinajstić information content (AvgIpc) is 3.35. The van der Waals surface area contributed by atoms with Gasteiger partial charge >= 0.3 is 0 Å². The van der Waals surface area contributed by atoms with E-state index in [2.05, 4.69) is 54.6 Å². The summed E-state index contributed by atoms with van der Waals surface area (Å²) >= 11 is 1.56. The Morgan fingerprint density at radius 2 is 1.89 bits per heavy atom. The molecule has 7 nitrogen and oxygen atoms in total. The highest BCUT2D eigenvalue weighted by atomic mass is 35.5. The van der Waals surface area contributed by atoms with Crippen LogP contribution in [0.3, 0.4) is 0 Å². The molecule has 0 atom stereocenters. The third kappa shape index (κ3) is 5.16. The molecule has 0 aliphatic rings. The van der Waals surface area contributed by atoms with Crippen LogP contribution in [0, 0.1) is 0 Å². The molecule has 0 saturated carbocycles. The smallest absolute Gasteiger partial charge is 0.188 e. The topological polar surface area (TPSA) is 81.4 Å². The van der Waals surface area contributed by atoms with Crippen LogP contribution in [0.25, 0.3) is 10.8 Å². The highest BCUT2D eigenvalue weighted by Gasteiger charge is 2.06. The van der Waals surface area contributed by atoms with Gasteiger partial charge in [0.25, 0.3) is 0 Å². The molecule has 0 amide bonds. The fourth-order valence-corrected chi connectivity index (χ4v) is 3.34. The first-order chi connectivity index (χ1) is 12.9. The Hall–Kier alpha value is -2.68. The van der Waals surface area contributed by atoms with Crippen molar-refractivity contribution in [2.45, 2.75) is 19.6 Å². The molecule has 0 aliphatic heterocycles. The maximum atomic E-state index is 4.59. The van der Waals surface area contributed by atoms with Crippen molar-refractivity contribution in [1.29, 1.82) is 0 Å². The van der Waals surface area contributed by atoms with Crippen LogP contribution in [0.15, 0.2) is 60.8 Å². The van der Waals surface area contributed by atoms with Gasteiger partial charge in [-0.2, -0.15) is 5.10 Å². The minimum Gasteiger partial charge on any atom is -0.307 e. The van der Waals surface area contributed by atoms with E-state index in [0.717, 1.165) is 23.8 Å². The van der Waals surface area contributed by atoms with Gasteiger partial charge in [0.2, 0.25) is 0 Å². The zero-order valence-electron chi connectivity index (χ0n) is 14.4. The fourth-order valence-electron chi connectivity index (χ4n) is 2.57. The summed E-state index contributed by atoms with van der Waals surface area (Å²) in [5.74, 6) is 0.671. The van der Waals surface area contributed by atoms with Crippen molar-refractivity contribution in [3.8, 4) is 10.8 Å². The molecule has 0 unspecified atom stereocenters. The highest BCUT2D eigenvalue weighted by Crippen LogP contribution is 2.19. The van der Waals surface area contributed by atoms with Gasteiger partial charge in [-0.3, -0.25) is 0 Å². The second-order valence-corrected chi connectivity index (χ2v) is 6.59. The molecule has 4 rings (SSSR count). The van der Waals surface area contributed by atoms with E-state index in [1.807, 2.05) is 10.1 Å². The number of hydrogen-bond acceptors (Lipinski definition) is 7. The first-order valence-electron chi connectivity index (χ1n) is 8.19. The average molecular weight is 400 g/mol. The number of nitrogens with zero attached hydrogens (tertiary/aromatic N) is 6. The normalized spacial score (nSPS) is 10.5. The van der Waals surface area contributed by atoms with Gasteiger partial charge in [0.15, 0.2) is 10.8 Å². The lowest BCUT2D eigenvalue weighted by molar-refractivity contribution is 0.671. The summed E-state index contributed by atoms with van der Waals surface area (Å²) in [4.78, 5) is 17.0. The molecule has 4 aromatic rings. The van der Waals surface area contributed by atoms with Crippen molar-refractivity contribution < 1.29 is 0 Å². The van der Waals surface area contributed by atoms with Crippen LogP contribution >= 0.6 is 23.7 Å². The number of hydrogen-bond donors (Lipinski definition) is 1. The van der Waals surface area contributed by atoms with Gasteiger partial charge in [0.1, 0.15) is 12.7 Å². The van der Waals surface area contributed by atoms with Crippen LogP contribution < -0.4 is 5.32 Å². The van der Waals surface area contributed by atoms with Crippen LogP contribution in [0.2, 0.25) is 0 Å². The molecule has 0 bridgehead atoms. The van der Waals surface area contributed by atoms with Crippen molar-refractivity contribution in [1.82, 2.24) is 35.0 Å². The predicted octanol–water partition coefficient (Wildman–Crippen LogP) is 2.95. The quantitative estimate of drug-likeness (QED) is 0.514. The standard InChI is InChI=1S/C18H17N7S.ClH/c1-3-14(7-15(4-1)10-25-13-20-12-23-25)8-19-9-16-11-26-18(24-16)17-21-5-2-6-22-17;/h1-7,11-13,19H,8-10H2;1H. The summed E-state index contributed by atoms with van der Waals surface area (Å²) in [6, 6.07) is 10.3. The van der Waals surface area contributed by atoms with Crippen molar-refractivity contribution in [3.05, 3.63) is 77.6 Å². The largest absolute Gasteiger partial charge is 0.307 e. The second-order valence-electron chi connectivity index (χ2n) is 5.73. The SMILES string of the molecule is Cl.c1cnc(-c2nc(CNCc3cccc(Cn4cncn4)c3)cs2)nc1. The van der Waals surface area contributed by atoms with Gasteiger partial charge in [0, 0.05) is 30.9 Å². The molecule has 1 aromatic carbocycles. The van der Waals surface area contributed by atoms with E-state index in [0.29, 0.717) is 12.4 Å². The molecule has 3 heterocycles. The van der Waals surface area contributed by atoms with Gasteiger partial charge < -0.3 is 5.32 Å². The minimum absolute atomic E-state index is 0. The molecule has 0 radical (unpaired) electrons. The number of thiazole rings is 1. The van der Waals surface area contributed by atoms with Crippen molar-refractivity contribution in [3.63, 3.8) is 0 Å². The molecule has 0 aliphatic carbocycles. The predicted molar refractivity (Wildman–Crippen MR) is 106 cm³/mol. The number of halogens is 1. The minimum atomic E-state index is 0. The Morgan fingerprint density at radius 3 is 2.70 bits per heavy atom. The zero-order valence-corrected chi connectivity index (χ0v) is 16.0. The Morgan fingerprint density at radius 1 is 1.04 bits per heavy atom. The summed E-state index contributed by atoms with van der Waals surface area (Å²) in [5.41, 5.74) is 3.42. The molecule has 9 heteroatoms. The van der Waals surface area contributed by atoms with Crippen LogP contribution in [0.1, 0.15) is 16.8 Å². The molecule has 1 N–H and O–H groups in total. The van der Waals surface area contributed by atoms with Crippen LogP contribution in [0.4, 0.5) is 0 Å². The summed E-state index contributed by atoms with van der Waals surface area (Å²) in [6.45, 7) is 2.21. The Bertz CT molecular complexity index is 957. The van der Waals surface area contributed by atoms with E-state index in [4.69, 9.17) is 0 Å². The third-order valence-electron chi connectivity index (χ3n) is 3.75. The van der Waals surface area contributed by atoms with Gasteiger partial charge in [-0.1, -0.05) is 24.3 Å². The Labute approximate surface area is 167 Å². The van der Waals surface area contributed by atoms with Gasteiger partial charge in [-0.05, 0) is 17.2 Å². The Balaban J connectivity index is 0.00000210. The fraction of sp³-hybridized carbons (Fsp3) is 0.167. The molecule has 0 fully saturated rings. The van der Waals surface area contributed by atoms with Crippen LogP contribution in [-0.2, 0) is 19.6 Å². The lowest BCUT2D eigenvalue weighted by atomic mass is 10.1. The zero-order chi connectivity index (χ0) is 17.6. The van der Waals surface area contributed by atoms with E-state index < -0.39 is 0 Å². The number of benzene rings is 1. The van der Waals surface area contributed by atoms with Crippen molar-refractivity contribution in [2.24, 2.45) is 0 Å². The highest BCUT2D eigenvalue weighted by molar-refractivity contribution is 7.13. The first-order valence-corrected chi connectivity index (χ1v) is 9.07. The van der Waals surface area contributed by atoms with E-state index in [-0.39, 0.29) is 12.4 Å². The first kappa shape index (κ1) is 19.1. The van der Waals surface area contributed by atoms with E-state index >= 15 is 0 Å². The Kier molecular flexibility index (Phi) is 6.59. The number of nitrogens with one attached hydrogen (secondary N) is 1. The molecule has 0 spiro atoms. The molecular formula is C18H18ClN7S. The monoisotopic (exact) mass is 399 g/mol. The van der Waals surface area contributed by atoms with E-state index in [1.54, 1.807) is 42.5 Å². The van der Waals surface area contributed by atoms with Crippen LogP contribution in [-0.4, -0.2) is 29.7 Å². The van der Waals surface area contributed by atoms with Crippen molar-refractivity contribution in [2.75, 3.05) is 0 Å². The maximum Gasteiger partial charge on any atom is 0.188 e. The summed E-state index contributed by atoms with van der Waals surface area (Å²) in [5, 5.41) is 10.5. The van der Waals surface area contributed by atoms with E-state index in [1.165, 1.54) is 11.1 Å². The van der Waals surface area contributed by atoms with Gasteiger partial charge in [-0.15, -0.1) is 23.7 Å². The second kappa shape index (κ2) is 9.31. The number of aromatic nitrogens is 6. The molecule has 3 aromatic heterocycles. The lowest BCUT2D eigenvalue weighted by Crippen LogP contribution is -2.13. The van der Waals surface area contributed by atoms with Gasteiger partial charge in [-0.25, -0.2) is 24.6 Å². The number of rotatable bonds is 7. The van der Waals surface area contributed by atoms with Crippen molar-refractivity contribution >= 4 is 23.7 Å². The van der Waals surface area contributed by atoms with E-state index in [9.17, 15) is 0 Å². The lowest BCUT2D eigenvalue weighted by Gasteiger charge is -2.06. The summed E-state index contributed by atoms with van der Waals surface area (Å²) in [7, 11) is 0.